The van der Waals surface area contributed by atoms with Gasteiger partial charge in [0, 0.05) is 31.6 Å². The fraction of sp³-hybridized carbons (Fsp3) is 0.769. The third-order valence-corrected chi connectivity index (χ3v) is 4.65. The molecule has 3 unspecified atom stereocenters. The molecule has 1 amide bonds. The van der Waals surface area contributed by atoms with E-state index in [-0.39, 0.29) is 18.0 Å². The lowest BCUT2D eigenvalue weighted by molar-refractivity contribution is -0.142. The zero-order valence-electron chi connectivity index (χ0n) is 11.5. The Kier molecular flexibility index (Phi) is 3.37. The predicted molar refractivity (Wildman–Crippen MR) is 70.3 cm³/mol. The minimum atomic E-state index is -1.12. The molecule has 3 aliphatic heterocycles. The first-order valence-electron chi connectivity index (χ1n) is 7.03. The third-order valence-electron chi connectivity index (χ3n) is 4.65. The molecule has 0 aromatic carbocycles. The van der Waals surface area contributed by atoms with Gasteiger partial charge in [0.1, 0.15) is 0 Å². The fourth-order valence-corrected chi connectivity index (χ4v) is 3.35. The molecule has 0 saturated carbocycles. The van der Waals surface area contributed by atoms with Crippen molar-refractivity contribution in [3.8, 4) is 0 Å². The summed E-state index contributed by atoms with van der Waals surface area (Å²) in [6.07, 6.45) is 2.60. The highest BCUT2D eigenvalue weighted by Crippen LogP contribution is 2.29. The molecule has 7 nitrogen and oxygen atoms in total. The predicted octanol–water partition coefficient (Wildman–Crippen LogP) is -0.0890. The van der Waals surface area contributed by atoms with E-state index in [4.69, 9.17) is 9.94 Å². The van der Waals surface area contributed by atoms with Crippen LogP contribution in [0.25, 0.3) is 0 Å². The van der Waals surface area contributed by atoms with Crippen LogP contribution in [0.1, 0.15) is 25.7 Å². The molecule has 0 aliphatic carbocycles. The Morgan fingerprint density at radius 2 is 2.05 bits per heavy atom. The summed E-state index contributed by atoms with van der Waals surface area (Å²) in [5.41, 5.74) is -0.0724. The van der Waals surface area contributed by atoms with Gasteiger partial charge in [0.25, 0.3) is 5.91 Å². The topological polar surface area (TPSA) is 82.4 Å². The van der Waals surface area contributed by atoms with Gasteiger partial charge in [-0.2, -0.15) is 0 Å². The summed E-state index contributed by atoms with van der Waals surface area (Å²) in [7, 11) is 2.12. The standard InChI is InChI=1S/C13H19N3O4/c1-15-8-2-3-9(15)7-16(5-4-8)12(17)11-6-10(13(18)19)14-20-11/h8-9,11H,2-7H2,1H3,(H,18,19). The number of carboxylic acid groups (broad SMARTS) is 1. The van der Waals surface area contributed by atoms with Crippen LogP contribution in [0, 0.1) is 0 Å². The van der Waals surface area contributed by atoms with E-state index in [1.165, 1.54) is 6.42 Å². The molecule has 2 bridgehead atoms. The summed E-state index contributed by atoms with van der Waals surface area (Å²) >= 11 is 0. The van der Waals surface area contributed by atoms with Crippen molar-refractivity contribution in [2.75, 3.05) is 20.1 Å². The lowest BCUT2D eigenvalue weighted by Crippen LogP contribution is -2.44. The number of likely N-dealkylation sites (N-methyl/N-ethyl adjacent to an activating group) is 1. The molecule has 0 spiro atoms. The summed E-state index contributed by atoms with van der Waals surface area (Å²) < 4.78 is 0. The van der Waals surface area contributed by atoms with E-state index in [1.807, 2.05) is 4.90 Å². The Bertz CT molecular complexity index is 465. The molecular weight excluding hydrogens is 262 g/mol. The summed E-state index contributed by atoms with van der Waals surface area (Å²) in [6.45, 7) is 1.42. The third kappa shape index (κ3) is 2.26. The van der Waals surface area contributed by atoms with Crippen LogP contribution in [0.5, 0.6) is 0 Å². The Balaban J connectivity index is 1.63. The van der Waals surface area contributed by atoms with Crippen LogP contribution in [0.15, 0.2) is 5.16 Å². The molecule has 2 fully saturated rings. The molecular formula is C13H19N3O4. The Hall–Kier alpha value is -1.63. The lowest BCUT2D eigenvalue weighted by atomic mass is 10.1. The van der Waals surface area contributed by atoms with Crippen LogP contribution in [0.3, 0.4) is 0 Å². The molecule has 0 radical (unpaired) electrons. The maximum absolute atomic E-state index is 12.4. The average Bonchev–Trinajstić information content (AvgIpc) is 2.95. The number of likely N-dealkylation sites (tertiary alicyclic amines) is 1. The number of carboxylic acids is 1. The Morgan fingerprint density at radius 3 is 2.75 bits per heavy atom. The van der Waals surface area contributed by atoms with Crippen molar-refractivity contribution in [2.24, 2.45) is 5.16 Å². The lowest BCUT2D eigenvalue weighted by Gasteiger charge is -2.27. The largest absolute Gasteiger partial charge is 0.477 e. The van der Waals surface area contributed by atoms with Crippen LogP contribution in [-0.2, 0) is 14.4 Å². The Labute approximate surface area is 117 Å². The Morgan fingerprint density at radius 1 is 1.30 bits per heavy atom. The molecule has 1 N–H and O–H groups in total. The number of rotatable bonds is 2. The minimum absolute atomic E-state index is 0.0641. The SMILES string of the molecule is CN1C2CCC1CN(C(=O)C1CC(C(=O)O)=NO1)CC2. The van der Waals surface area contributed by atoms with E-state index in [0.29, 0.717) is 25.2 Å². The maximum Gasteiger partial charge on any atom is 0.353 e. The maximum atomic E-state index is 12.4. The summed E-state index contributed by atoms with van der Waals surface area (Å²) in [5, 5.41) is 12.3. The molecule has 3 atom stereocenters. The zero-order chi connectivity index (χ0) is 14.3. The van der Waals surface area contributed by atoms with E-state index < -0.39 is 12.1 Å². The fourth-order valence-electron chi connectivity index (χ4n) is 3.35. The molecule has 7 heteroatoms. The highest BCUT2D eigenvalue weighted by atomic mass is 16.6. The van der Waals surface area contributed by atoms with Gasteiger partial charge < -0.3 is 14.8 Å². The second-order valence-electron chi connectivity index (χ2n) is 5.76. The van der Waals surface area contributed by atoms with E-state index in [0.717, 1.165) is 12.8 Å². The number of aliphatic carboxylic acids is 1. The molecule has 0 aromatic heterocycles. The quantitative estimate of drug-likeness (QED) is 0.765. The number of amides is 1. The van der Waals surface area contributed by atoms with Crippen molar-refractivity contribution in [3.63, 3.8) is 0 Å². The summed E-state index contributed by atoms with van der Waals surface area (Å²) in [5.74, 6) is -1.25. The van der Waals surface area contributed by atoms with E-state index in [9.17, 15) is 9.59 Å². The van der Waals surface area contributed by atoms with Gasteiger partial charge in [0.2, 0.25) is 6.10 Å². The molecule has 3 aliphatic rings. The van der Waals surface area contributed by atoms with Gasteiger partial charge in [-0.05, 0) is 26.3 Å². The molecule has 0 aromatic rings. The van der Waals surface area contributed by atoms with Gasteiger partial charge in [0.05, 0.1) is 0 Å². The van der Waals surface area contributed by atoms with Crippen LogP contribution >= 0.6 is 0 Å². The highest BCUT2D eigenvalue weighted by molar-refractivity contribution is 6.36. The van der Waals surface area contributed by atoms with Gasteiger partial charge >= 0.3 is 5.97 Å². The van der Waals surface area contributed by atoms with Crippen LogP contribution in [-0.4, -0.2) is 70.8 Å². The first-order valence-corrected chi connectivity index (χ1v) is 7.03. The monoisotopic (exact) mass is 281 g/mol. The van der Waals surface area contributed by atoms with Crippen molar-refractivity contribution in [1.82, 2.24) is 9.80 Å². The van der Waals surface area contributed by atoms with Crippen molar-refractivity contribution in [3.05, 3.63) is 0 Å². The number of hydrogen-bond donors (Lipinski definition) is 1. The number of nitrogens with zero attached hydrogens (tertiary/aromatic N) is 3. The summed E-state index contributed by atoms with van der Waals surface area (Å²) in [4.78, 5) is 32.4. The van der Waals surface area contributed by atoms with Crippen molar-refractivity contribution < 1.29 is 19.5 Å². The number of carbonyl (C=O) groups excluding carboxylic acids is 1. The van der Waals surface area contributed by atoms with Crippen LogP contribution < -0.4 is 0 Å². The number of oxime groups is 1. The van der Waals surface area contributed by atoms with Crippen molar-refractivity contribution in [1.29, 1.82) is 0 Å². The number of fused-ring (bicyclic) bond motifs is 2. The second-order valence-corrected chi connectivity index (χ2v) is 5.76. The van der Waals surface area contributed by atoms with Gasteiger partial charge in [-0.3, -0.25) is 9.69 Å². The normalized spacial score (nSPS) is 33.5. The number of carbonyl (C=O) groups is 2. The summed E-state index contributed by atoms with van der Waals surface area (Å²) in [6, 6.07) is 0.973. The highest BCUT2D eigenvalue weighted by Gasteiger charge is 2.40. The average molecular weight is 281 g/mol. The first kappa shape index (κ1) is 13.4. The van der Waals surface area contributed by atoms with E-state index in [1.54, 1.807) is 0 Å². The van der Waals surface area contributed by atoms with Gasteiger partial charge in [0.15, 0.2) is 5.71 Å². The van der Waals surface area contributed by atoms with Crippen molar-refractivity contribution in [2.45, 2.75) is 43.9 Å². The van der Waals surface area contributed by atoms with Gasteiger partial charge in [-0.15, -0.1) is 0 Å². The molecule has 3 heterocycles. The number of hydrogen-bond acceptors (Lipinski definition) is 5. The molecule has 110 valence electrons. The first-order chi connectivity index (χ1) is 9.56. The van der Waals surface area contributed by atoms with E-state index >= 15 is 0 Å². The molecule has 2 saturated heterocycles. The minimum Gasteiger partial charge on any atom is -0.477 e. The van der Waals surface area contributed by atoms with Crippen LogP contribution in [0.2, 0.25) is 0 Å². The zero-order valence-corrected chi connectivity index (χ0v) is 11.5. The van der Waals surface area contributed by atoms with Crippen molar-refractivity contribution >= 4 is 17.6 Å². The van der Waals surface area contributed by atoms with Gasteiger partial charge in [-0.25, -0.2) is 4.79 Å². The second kappa shape index (κ2) is 5.05. The molecule has 20 heavy (non-hydrogen) atoms. The van der Waals surface area contributed by atoms with Crippen LogP contribution in [0.4, 0.5) is 0 Å². The van der Waals surface area contributed by atoms with E-state index in [2.05, 4.69) is 17.1 Å². The van der Waals surface area contributed by atoms with Gasteiger partial charge in [-0.1, -0.05) is 5.16 Å². The molecule has 3 rings (SSSR count). The smallest absolute Gasteiger partial charge is 0.353 e.